The van der Waals surface area contributed by atoms with Crippen molar-refractivity contribution in [3.05, 3.63) is 49.7 Å². The maximum absolute atomic E-state index is 9.97. The van der Waals surface area contributed by atoms with Gasteiger partial charge in [0.15, 0.2) is 0 Å². The number of hydrogen-bond acceptors (Lipinski definition) is 4. The van der Waals surface area contributed by atoms with Gasteiger partial charge in [0.2, 0.25) is 0 Å². The van der Waals surface area contributed by atoms with Crippen molar-refractivity contribution < 1.29 is 33.4 Å². The van der Waals surface area contributed by atoms with E-state index in [4.69, 9.17) is 9.47 Å². The third-order valence-electron chi connectivity index (χ3n) is 4.13. The normalized spacial score (nSPS) is 20.7. The molecule has 5 heteroatoms. The van der Waals surface area contributed by atoms with E-state index in [9.17, 15) is 5.11 Å². The molecule has 1 fully saturated rings. The van der Waals surface area contributed by atoms with E-state index in [0.717, 1.165) is 18.4 Å². The van der Waals surface area contributed by atoms with Gasteiger partial charge in [-0.25, -0.2) is 0 Å². The van der Waals surface area contributed by atoms with Gasteiger partial charge in [0.25, 0.3) is 0 Å². The maximum atomic E-state index is 9.97. The van der Waals surface area contributed by atoms with Gasteiger partial charge in [-0.05, 0) is 13.8 Å². The first-order valence-electron chi connectivity index (χ1n) is 9.05. The Balaban J connectivity index is 0.000000483. The largest absolute Gasteiger partial charge is 1.00 e. The van der Waals surface area contributed by atoms with Crippen LogP contribution in [-0.4, -0.2) is 61.2 Å². The summed E-state index contributed by atoms with van der Waals surface area (Å²) >= 11 is 0. The zero-order valence-electron chi connectivity index (χ0n) is 17.3. The van der Waals surface area contributed by atoms with Crippen molar-refractivity contribution in [1.82, 2.24) is 4.90 Å². The van der Waals surface area contributed by atoms with Crippen molar-refractivity contribution >= 4 is 0 Å². The average molecular weight is 365 g/mol. The van der Waals surface area contributed by atoms with Crippen molar-refractivity contribution in [3.8, 4) is 11.8 Å². The zero-order chi connectivity index (χ0) is 19.4. The second kappa shape index (κ2) is 14.2. The van der Waals surface area contributed by atoms with Crippen LogP contribution in [0.3, 0.4) is 0 Å². The van der Waals surface area contributed by atoms with Crippen LogP contribution in [0.15, 0.2) is 24.3 Å². The molecular formula is C22H32LiNO3-2. The Hall–Kier alpha value is -0.783. The van der Waals surface area contributed by atoms with E-state index in [2.05, 4.69) is 31.8 Å². The summed E-state index contributed by atoms with van der Waals surface area (Å²) in [7, 11) is 1.69. The van der Waals surface area contributed by atoms with E-state index in [1.165, 1.54) is 0 Å². The van der Waals surface area contributed by atoms with Crippen molar-refractivity contribution in [1.29, 1.82) is 0 Å². The van der Waals surface area contributed by atoms with Crippen molar-refractivity contribution in [2.75, 3.05) is 33.4 Å². The smallest absolute Gasteiger partial charge is 0.388 e. The SMILES string of the molecule is CC(C)OCC#Cc1c[c-]ccc1.[CH2-]CN(C[CH2-])CC1(O)CC(OC)C1.[Li+]. The van der Waals surface area contributed by atoms with Crippen LogP contribution >= 0.6 is 0 Å². The summed E-state index contributed by atoms with van der Waals surface area (Å²) in [5.74, 6) is 5.93. The quantitative estimate of drug-likeness (QED) is 0.412. The predicted molar refractivity (Wildman–Crippen MR) is 105 cm³/mol. The molecule has 0 saturated heterocycles. The molecule has 0 heterocycles. The summed E-state index contributed by atoms with van der Waals surface area (Å²) < 4.78 is 10.4. The Morgan fingerprint density at radius 2 is 2.04 bits per heavy atom. The van der Waals surface area contributed by atoms with Gasteiger partial charge in [0.05, 0.1) is 17.8 Å². The summed E-state index contributed by atoms with van der Waals surface area (Å²) in [6.45, 7) is 14.1. The molecule has 1 aromatic carbocycles. The Kier molecular flexibility index (Phi) is 13.8. The Morgan fingerprint density at radius 3 is 2.52 bits per heavy atom. The molecule has 146 valence electrons. The van der Waals surface area contributed by atoms with Gasteiger partial charge in [-0.2, -0.15) is 30.3 Å². The van der Waals surface area contributed by atoms with Gasteiger partial charge in [-0.1, -0.05) is 11.5 Å². The fourth-order valence-corrected chi connectivity index (χ4v) is 2.59. The topological polar surface area (TPSA) is 41.9 Å². The van der Waals surface area contributed by atoms with E-state index in [-0.39, 0.29) is 31.1 Å². The maximum Gasteiger partial charge on any atom is 1.00 e. The zero-order valence-corrected chi connectivity index (χ0v) is 17.3. The molecule has 1 aromatic rings. The molecule has 27 heavy (non-hydrogen) atoms. The summed E-state index contributed by atoms with van der Waals surface area (Å²) in [6.07, 6.45) is 1.96. The molecule has 0 aromatic heterocycles. The van der Waals surface area contributed by atoms with Crippen molar-refractivity contribution in [2.45, 2.75) is 44.5 Å². The van der Waals surface area contributed by atoms with Crippen molar-refractivity contribution in [2.24, 2.45) is 0 Å². The molecule has 0 unspecified atom stereocenters. The first-order valence-corrected chi connectivity index (χ1v) is 9.05. The number of ether oxygens (including phenoxy) is 2. The molecule has 0 bridgehead atoms. The summed E-state index contributed by atoms with van der Waals surface area (Å²) in [4.78, 5) is 2.03. The molecule has 0 radical (unpaired) electrons. The van der Waals surface area contributed by atoms with Gasteiger partial charge in [0.1, 0.15) is 6.61 Å². The molecule has 0 atom stereocenters. The molecular weight excluding hydrogens is 333 g/mol. The Bertz CT molecular complexity index is 544. The first kappa shape index (κ1) is 26.2. The van der Waals surface area contributed by atoms with Gasteiger partial charge >= 0.3 is 18.9 Å². The molecule has 0 spiro atoms. The second-order valence-corrected chi connectivity index (χ2v) is 6.72. The van der Waals surface area contributed by atoms with Crippen molar-refractivity contribution in [3.63, 3.8) is 0 Å². The molecule has 1 saturated carbocycles. The summed E-state index contributed by atoms with van der Waals surface area (Å²) in [5, 5.41) is 9.97. The third kappa shape index (κ3) is 11.0. The summed E-state index contributed by atoms with van der Waals surface area (Å²) in [5.41, 5.74) is 0.422. The fourth-order valence-electron chi connectivity index (χ4n) is 2.59. The number of rotatable bonds is 7. The van der Waals surface area contributed by atoms with Crippen LogP contribution in [0.5, 0.6) is 0 Å². The molecule has 1 N–H and O–H groups in total. The van der Waals surface area contributed by atoms with Gasteiger partial charge in [-0.3, -0.25) is 0 Å². The number of nitrogens with zero attached hydrogens (tertiary/aromatic N) is 1. The van der Waals surface area contributed by atoms with E-state index in [1.54, 1.807) is 7.11 Å². The van der Waals surface area contributed by atoms with Gasteiger partial charge in [-0.15, -0.1) is 19.0 Å². The van der Waals surface area contributed by atoms with Crippen LogP contribution < -0.4 is 18.9 Å². The van der Waals surface area contributed by atoms with Crippen LogP contribution in [0, 0.1) is 31.8 Å². The van der Waals surface area contributed by atoms with Gasteiger partial charge < -0.3 is 33.3 Å². The monoisotopic (exact) mass is 365 g/mol. The number of benzene rings is 1. The number of aliphatic hydroxyl groups is 1. The predicted octanol–water partition coefficient (Wildman–Crippen LogP) is -0.236. The standard InChI is InChI=1S/C12H13O.C10H19NO2.Li/c1-11(2)13-10-6-9-12-7-4-3-5-8-12;1-4-11(5-2)8-10(12)6-9(7-10)13-3;/h3-4,7-8,11H,10H2,1-2H3;9,12H,1-2,4-8H2,3H3;/q-1;-2;+1. The minimum absolute atomic E-state index is 0. The van der Waals surface area contributed by atoms with E-state index >= 15 is 0 Å². The van der Waals surface area contributed by atoms with E-state index in [1.807, 2.05) is 43.0 Å². The van der Waals surface area contributed by atoms with Crippen LogP contribution in [0.1, 0.15) is 32.3 Å². The Morgan fingerprint density at radius 1 is 1.37 bits per heavy atom. The minimum Gasteiger partial charge on any atom is -0.388 e. The molecule has 2 rings (SSSR count). The minimum atomic E-state index is -0.559. The van der Waals surface area contributed by atoms with Gasteiger partial charge in [0, 0.05) is 26.5 Å². The second-order valence-electron chi connectivity index (χ2n) is 6.72. The van der Waals surface area contributed by atoms with Crippen LogP contribution in [0.25, 0.3) is 0 Å². The third-order valence-corrected chi connectivity index (χ3v) is 4.13. The summed E-state index contributed by atoms with van der Waals surface area (Å²) in [6, 6.07) is 10.6. The van der Waals surface area contributed by atoms with Crippen LogP contribution in [0.4, 0.5) is 0 Å². The number of hydrogen-bond donors (Lipinski definition) is 1. The Labute approximate surface area is 177 Å². The molecule has 0 amide bonds. The van der Waals surface area contributed by atoms with Crippen LogP contribution in [0.2, 0.25) is 0 Å². The van der Waals surface area contributed by atoms with E-state index in [0.29, 0.717) is 26.2 Å². The molecule has 4 nitrogen and oxygen atoms in total. The molecule has 1 aliphatic carbocycles. The average Bonchev–Trinajstić information content (AvgIpc) is 2.62. The van der Waals surface area contributed by atoms with Crippen LogP contribution in [-0.2, 0) is 9.47 Å². The van der Waals surface area contributed by atoms with E-state index < -0.39 is 5.60 Å². The first-order chi connectivity index (χ1) is 12.4. The number of methoxy groups -OCH3 is 1. The fraction of sp³-hybridized carbons (Fsp3) is 0.545. The molecule has 1 aliphatic rings. The molecule has 0 aliphatic heterocycles.